The molecule has 1 unspecified atom stereocenters. The largest absolute Gasteiger partial charge is 0.493 e. The quantitative estimate of drug-likeness (QED) is 0.826. The van der Waals surface area contributed by atoms with Crippen molar-refractivity contribution in [2.75, 3.05) is 25.6 Å². The van der Waals surface area contributed by atoms with Gasteiger partial charge in [-0.05, 0) is 38.8 Å². The molecule has 0 aliphatic carbocycles. The van der Waals surface area contributed by atoms with E-state index >= 15 is 0 Å². The second-order valence-electron chi connectivity index (χ2n) is 5.32. The summed E-state index contributed by atoms with van der Waals surface area (Å²) in [5.74, 6) is 0.310. The maximum Gasteiger partial charge on any atom is 0.257 e. The maximum atomic E-state index is 12.5. The van der Waals surface area contributed by atoms with Crippen molar-refractivity contribution in [3.05, 3.63) is 23.8 Å². The summed E-state index contributed by atoms with van der Waals surface area (Å²) in [5, 5.41) is 3.03. The number of nitrogen functional groups attached to an aromatic ring is 1. The molecule has 0 radical (unpaired) electrons. The molecule has 20 heavy (non-hydrogen) atoms. The van der Waals surface area contributed by atoms with Crippen LogP contribution in [0, 0.1) is 0 Å². The lowest BCUT2D eigenvalue weighted by atomic mass is 9.94. The van der Waals surface area contributed by atoms with Gasteiger partial charge in [0.1, 0.15) is 11.3 Å². The Morgan fingerprint density at radius 1 is 1.55 bits per heavy atom. The Morgan fingerprint density at radius 2 is 2.35 bits per heavy atom. The fourth-order valence-electron chi connectivity index (χ4n) is 2.44. The number of amides is 1. The van der Waals surface area contributed by atoms with Crippen LogP contribution in [0.2, 0.25) is 0 Å². The molecule has 0 saturated carbocycles. The monoisotopic (exact) mass is 278 g/mol. The van der Waals surface area contributed by atoms with Gasteiger partial charge in [0, 0.05) is 12.3 Å². The summed E-state index contributed by atoms with van der Waals surface area (Å²) < 4.78 is 10.9. The molecule has 1 aromatic carbocycles. The molecule has 1 saturated heterocycles. The van der Waals surface area contributed by atoms with E-state index in [4.69, 9.17) is 15.2 Å². The van der Waals surface area contributed by atoms with E-state index in [0.29, 0.717) is 30.2 Å². The molecule has 1 atom stereocenters. The van der Waals surface area contributed by atoms with Crippen molar-refractivity contribution in [2.45, 2.75) is 32.2 Å². The molecule has 1 heterocycles. The van der Waals surface area contributed by atoms with Gasteiger partial charge in [-0.25, -0.2) is 0 Å². The molecule has 1 aliphatic heterocycles. The van der Waals surface area contributed by atoms with Crippen LogP contribution in [0.5, 0.6) is 5.75 Å². The molecule has 2 rings (SSSR count). The summed E-state index contributed by atoms with van der Waals surface area (Å²) in [7, 11) is 0. The van der Waals surface area contributed by atoms with Gasteiger partial charge in [-0.2, -0.15) is 0 Å². The van der Waals surface area contributed by atoms with Crippen molar-refractivity contribution < 1.29 is 14.3 Å². The smallest absolute Gasteiger partial charge is 0.257 e. The molecule has 0 aromatic heterocycles. The van der Waals surface area contributed by atoms with Gasteiger partial charge in [-0.3, -0.25) is 4.79 Å². The second-order valence-corrected chi connectivity index (χ2v) is 5.32. The van der Waals surface area contributed by atoms with Crippen molar-refractivity contribution in [1.29, 1.82) is 0 Å². The molecule has 0 bridgehead atoms. The minimum atomic E-state index is -0.346. The summed E-state index contributed by atoms with van der Waals surface area (Å²) >= 11 is 0. The van der Waals surface area contributed by atoms with Crippen molar-refractivity contribution >= 4 is 11.6 Å². The van der Waals surface area contributed by atoms with Gasteiger partial charge in [-0.1, -0.05) is 6.07 Å². The van der Waals surface area contributed by atoms with E-state index in [2.05, 4.69) is 5.32 Å². The van der Waals surface area contributed by atoms with Crippen LogP contribution < -0.4 is 15.8 Å². The number of carbonyl (C=O) groups excluding carboxylic acids is 1. The molecule has 1 fully saturated rings. The fourth-order valence-corrected chi connectivity index (χ4v) is 2.44. The summed E-state index contributed by atoms with van der Waals surface area (Å²) in [6.07, 6.45) is 1.84. The molecule has 1 amide bonds. The van der Waals surface area contributed by atoms with Gasteiger partial charge in [0.2, 0.25) is 0 Å². The van der Waals surface area contributed by atoms with E-state index in [0.717, 1.165) is 19.4 Å². The predicted molar refractivity (Wildman–Crippen MR) is 77.9 cm³/mol. The van der Waals surface area contributed by atoms with E-state index in [1.807, 2.05) is 13.8 Å². The molecular weight excluding hydrogens is 256 g/mol. The highest BCUT2D eigenvalue weighted by Gasteiger charge is 2.31. The van der Waals surface area contributed by atoms with Crippen LogP contribution in [0.1, 0.15) is 37.0 Å². The SMILES string of the molecule is CCOc1cccc(N)c1C(=O)NC1(C)CCCOC1. The number of carbonyl (C=O) groups is 1. The highest BCUT2D eigenvalue weighted by molar-refractivity contribution is 6.02. The number of hydrogen-bond donors (Lipinski definition) is 2. The normalized spacial score (nSPS) is 22.3. The van der Waals surface area contributed by atoms with Gasteiger partial charge < -0.3 is 20.5 Å². The third-order valence-electron chi connectivity index (χ3n) is 3.44. The molecule has 1 aromatic rings. The Balaban J connectivity index is 2.20. The predicted octanol–water partition coefficient (Wildman–Crippen LogP) is 1.97. The van der Waals surface area contributed by atoms with Gasteiger partial charge in [0.15, 0.2) is 0 Å². The number of benzene rings is 1. The number of rotatable bonds is 4. The Labute approximate surface area is 119 Å². The van der Waals surface area contributed by atoms with Crippen LogP contribution in [0.15, 0.2) is 18.2 Å². The van der Waals surface area contributed by atoms with E-state index in [1.165, 1.54) is 0 Å². The number of anilines is 1. The third kappa shape index (κ3) is 3.22. The minimum Gasteiger partial charge on any atom is -0.493 e. The molecule has 110 valence electrons. The van der Waals surface area contributed by atoms with E-state index in [-0.39, 0.29) is 11.4 Å². The first kappa shape index (κ1) is 14.7. The van der Waals surface area contributed by atoms with Crippen LogP contribution in [-0.2, 0) is 4.74 Å². The van der Waals surface area contributed by atoms with Crippen LogP contribution in [-0.4, -0.2) is 31.3 Å². The topological polar surface area (TPSA) is 73.6 Å². The average Bonchev–Trinajstić information content (AvgIpc) is 2.39. The van der Waals surface area contributed by atoms with Crippen LogP contribution >= 0.6 is 0 Å². The Morgan fingerprint density at radius 3 is 3.00 bits per heavy atom. The van der Waals surface area contributed by atoms with Crippen LogP contribution in [0.3, 0.4) is 0 Å². The summed E-state index contributed by atoms with van der Waals surface area (Å²) in [6.45, 7) is 5.63. The minimum absolute atomic E-state index is 0.209. The Hall–Kier alpha value is -1.75. The molecular formula is C15H22N2O3. The van der Waals surface area contributed by atoms with Gasteiger partial charge >= 0.3 is 0 Å². The maximum absolute atomic E-state index is 12.5. The molecule has 3 N–H and O–H groups in total. The zero-order chi connectivity index (χ0) is 14.6. The number of ether oxygens (including phenoxy) is 2. The van der Waals surface area contributed by atoms with Crippen LogP contribution in [0.25, 0.3) is 0 Å². The first-order valence-corrected chi connectivity index (χ1v) is 6.97. The summed E-state index contributed by atoms with van der Waals surface area (Å²) in [6, 6.07) is 5.24. The lowest BCUT2D eigenvalue weighted by Crippen LogP contribution is -2.51. The zero-order valence-electron chi connectivity index (χ0n) is 12.1. The van der Waals surface area contributed by atoms with Crippen molar-refractivity contribution in [3.63, 3.8) is 0 Å². The average molecular weight is 278 g/mol. The second kappa shape index (κ2) is 6.13. The Bertz CT molecular complexity index is 482. The lowest BCUT2D eigenvalue weighted by molar-refractivity contribution is 0.0272. The highest BCUT2D eigenvalue weighted by atomic mass is 16.5. The van der Waals surface area contributed by atoms with Crippen molar-refractivity contribution in [1.82, 2.24) is 5.32 Å². The van der Waals surface area contributed by atoms with E-state index in [1.54, 1.807) is 18.2 Å². The first-order chi connectivity index (χ1) is 9.56. The van der Waals surface area contributed by atoms with Crippen LogP contribution in [0.4, 0.5) is 5.69 Å². The van der Waals surface area contributed by atoms with E-state index in [9.17, 15) is 4.79 Å². The van der Waals surface area contributed by atoms with Crippen molar-refractivity contribution in [3.8, 4) is 5.75 Å². The number of nitrogens with one attached hydrogen (secondary N) is 1. The summed E-state index contributed by atoms with van der Waals surface area (Å²) in [5.41, 5.74) is 6.41. The molecule has 1 aliphatic rings. The first-order valence-electron chi connectivity index (χ1n) is 6.97. The lowest BCUT2D eigenvalue weighted by Gasteiger charge is -2.34. The van der Waals surface area contributed by atoms with Gasteiger partial charge in [-0.15, -0.1) is 0 Å². The van der Waals surface area contributed by atoms with E-state index < -0.39 is 0 Å². The fraction of sp³-hybridized carbons (Fsp3) is 0.533. The molecule has 5 heteroatoms. The molecule has 5 nitrogen and oxygen atoms in total. The van der Waals surface area contributed by atoms with Gasteiger partial charge in [0.05, 0.1) is 18.8 Å². The third-order valence-corrected chi connectivity index (χ3v) is 3.44. The zero-order valence-corrected chi connectivity index (χ0v) is 12.1. The summed E-state index contributed by atoms with van der Waals surface area (Å²) in [4.78, 5) is 12.5. The molecule has 0 spiro atoms. The number of nitrogens with two attached hydrogens (primary N) is 1. The number of hydrogen-bond acceptors (Lipinski definition) is 4. The Kier molecular flexibility index (Phi) is 4.49. The van der Waals surface area contributed by atoms with Gasteiger partial charge in [0.25, 0.3) is 5.91 Å². The van der Waals surface area contributed by atoms with Crippen molar-refractivity contribution in [2.24, 2.45) is 0 Å². The standard InChI is InChI=1S/C15H22N2O3/c1-3-20-12-7-4-6-11(16)13(12)14(18)17-15(2)8-5-9-19-10-15/h4,6-7H,3,5,8-10,16H2,1-2H3,(H,17,18). The highest BCUT2D eigenvalue weighted by Crippen LogP contribution is 2.26.